The van der Waals surface area contributed by atoms with Crippen molar-refractivity contribution in [2.75, 3.05) is 44.2 Å². The van der Waals surface area contributed by atoms with Crippen molar-refractivity contribution < 1.29 is 4.79 Å². The van der Waals surface area contributed by atoms with Crippen molar-refractivity contribution in [3.63, 3.8) is 0 Å². The van der Waals surface area contributed by atoms with Gasteiger partial charge in [0.25, 0.3) is 0 Å². The monoisotopic (exact) mass is 492 g/mol. The Bertz CT molecular complexity index is 1180. The van der Waals surface area contributed by atoms with Crippen LogP contribution in [0, 0.1) is 19.8 Å². The van der Waals surface area contributed by atoms with E-state index in [1.54, 1.807) is 11.3 Å². The number of nitrogens with two attached hydrogens (primary N) is 1. The Kier molecular flexibility index (Phi) is 7.05. The van der Waals surface area contributed by atoms with Gasteiger partial charge in [0, 0.05) is 31.1 Å². The number of carbonyl (C=O) groups is 1. The summed E-state index contributed by atoms with van der Waals surface area (Å²) in [5.41, 5.74) is 8.08. The van der Waals surface area contributed by atoms with Gasteiger partial charge in [0.1, 0.15) is 22.5 Å². The van der Waals surface area contributed by atoms with Gasteiger partial charge in [-0.25, -0.2) is 9.97 Å². The number of anilines is 1. The molecule has 3 aromatic rings. The summed E-state index contributed by atoms with van der Waals surface area (Å²) < 4.78 is 0. The van der Waals surface area contributed by atoms with Crippen LogP contribution >= 0.6 is 11.3 Å². The molecule has 2 N–H and O–H groups in total. The fourth-order valence-electron chi connectivity index (χ4n) is 5.37. The van der Waals surface area contributed by atoms with Crippen molar-refractivity contribution in [2.45, 2.75) is 46.2 Å². The van der Waals surface area contributed by atoms with Crippen LogP contribution < -0.4 is 10.6 Å². The van der Waals surface area contributed by atoms with E-state index in [2.05, 4.69) is 35.5 Å². The average Bonchev–Trinajstić information content (AvgIpc) is 3.14. The van der Waals surface area contributed by atoms with E-state index in [0.717, 1.165) is 73.8 Å². The Balaban J connectivity index is 1.39. The van der Waals surface area contributed by atoms with Gasteiger partial charge in [-0.05, 0) is 56.8 Å². The quantitative estimate of drug-likeness (QED) is 0.563. The molecule has 35 heavy (non-hydrogen) atoms. The third-order valence-corrected chi connectivity index (χ3v) is 8.76. The number of nitrogens with zero attached hydrogens (tertiary/aromatic N) is 5. The smallest absolute Gasteiger partial charge is 0.239 e. The number of hydrogen-bond acceptors (Lipinski definition) is 7. The zero-order valence-electron chi connectivity index (χ0n) is 21.0. The van der Waals surface area contributed by atoms with E-state index < -0.39 is 6.04 Å². The predicted octanol–water partition coefficient (Wildman–Crippen LogP) is 3.89. The Morgan fingerprint density at radius 2 is 1.74 bits per heavy atom. The summed E-state index contributed by atoms with van der Waals surface area (Å²) >= 11 is 1.77. The molecular weight excluding hydrogens is 456 g/mol. The number of amides is 1. The minimum absolute atomic E-state index is 0.295. The minimum Gasteiger partial charge on any atom is -0.368 e. The summed E-state index contributed by atoms with van der Waals surface area (Å²) in [6, 6.07) is 9.47. The molecule has 0 bridgehead atoms. The first-order valence-electron chi connectivity index (χ1n) is 12.7. The maximum atomic E-state index is 12.4. The van der Waals surface area contributed by atoms with Gasteiger partial charge in [-0.2, -0.15) is 0 Å². The number of aromatic nitrogens is 2. The summed E-state index contributed by atoms with van der Waals surface area (Å²) in [7, 11) is 0. The van der Waals surface area contributed by atoms with E-state index in [4.69, 9.17) is 15.7 Å². The first kappa shape index (κ1) is 24.2. The highest BCUT2D eigenvalue weighted by atomic mass is 32.1. The summed E-state index contributed by atoms with van der Waals surface area (Å²) in [6.45, 7) is 12.9. The van der Waals surface area contributed by atoms with E-state index in [1.807, 2.05) is 30.3 Å². The Morgan fingerprint density at radius 3 is 2.40 bits per heavy atom. The van der Waals surface area contributed by atoms with Gasteiger partial charge >= 0.3 is 0 Å². The molecule has 7 nitrogen and oxygen atoms in total. The van der Waals surface area contributed by atoms with Gasteiger partial charge in [0.15, 0.2) is 0 Å². The Hall–Kier alpha value is -2.55. The molecule has 186 valence electrons. The maximum absolute atomic E-state index is 12.4. The van der Waals surface area contributed by atoms with Crippen molar-refractivity contribution in [1.29, 1.82) is 0 Å². The number of benzene rings is 1. The van der Waals surface area contributed by atoms with Crippen LogP contribution in [0.5, 0.6) is 0 Å². The van der Waals surface area contributed by atoms with Crippen LogP contribution in [0.1, 0.15) is 47.6 Å². The molecule has 2 aliphatic rings. The highest BCUT2D eigenvalue weighted by Crippen LogP contribution is 2.36. The van der Waals surface area contributed by atoms with Gasteiger partial charge in [-0.15, -0.1) is 11.3 Å². The largest absolute Gasteiger partial charge is 0.368 e. The van der Waals surface area contributed by atoms with Crippen molar-refractivity contribution in [2.24, 2.45) is 11.7 Å². The van der Waals surface area contributed by atoms with Crippen LogP contribution in [0.15, 0.2) is 30.3 Å². The Morgan fingerprint density at radius 1 is 1.06 bits per heavy atom. The van der Waals surface area contributed by atoms with Crippen molar-refractivity contribution in [1.82, 2.24) is 19.8 Å². The number of likely N-dealkylation sites (tertiary alicyclic amines) is 1. The number of carbonyl (C=O) groups excluding carboxylic acids is 1. The molecule has 1 aromatic carbocycles. The molecule has 0 spiro atoms. The van der Waals surface area contributed by atoms with Crippen LogP contribution in [0.2, 0.25) is 0 Å². The first-order chi connectivity index (χ1) is 16.9. The zero-order valence-corrected chi connectivity index (χ0v) is 21.9. The van der Waals surface area contributed by atoms with Crippen molar-refractivity contribution in [3.8, 4) is 0 Å². The fourth-order valence-corrected chi connectivity index (χ4v) is 6.42. The zero-order chi connectivity index (χ0) is 24.5. The lowest BCUT2D eigenvalue weighted by Gasteiger charge is -2.39. The number of rotatable bonds is 6. The molecule has 8 heteroatoms. The van der Waals surface area contributed by atoms with Crippen LogP contribution in [-0.2, 0) is 11.3 Å². The molecule has 0 aliphatic carbocycles. The normalized spacial score (nSPS) is 19.3. The maximum Gasteiger partial charge on any atom is 0.239 e. The van der Waals surface area contributed by atoms with Crippen molar-refractivity contribution in [3.05, 3.63) is 52.2 Å². The SMILES string of the molecule is Cc1sc2nc(CN3CCC(C)CC3)nc(N3CCN(C(C(N)=O)c4ccccc4)CC3)c2c1C. The molecule has 2 aliphatic heterocycles. The topological polar surface area (TPSA) is 78.6 Å². The number of piperazine rings is 1. The number of fused-ring (bicyclic) bond motifs is 1. The molecule has 1 unspecified atom stereocenters. The highest BCUT2D eigenvalue weighted by Gasteiger charge is 2.30. The molecule has 0 saturated carbocycles. The minimum atomic E-state index is -0.397. The summed E-state index contributed by atoms with van der Waals surface area (Å²) in [5, 5.41) is 1.19. The number of hydrogen-bond donors (Lipinski definition) is 1. The Labute approximate surface area is 211 Å². The lowest BCUT2D eigenvalue weighted by Crippen LogP contribution is -2.50. The summed E-state index contributed by atoms with van der Waals surface area (Å²) in [4.78, 5) is 32.0. The van der Waals surface area contributed by atoms with Crippen LogP contribution in [0.25, 0.3) is 10.2 Å². The summed E-state index contributed by atoms with van der Waals surface area (Å²) in [6.07, 6.45) is 2.49. The van der Waals surface area contributed by atoms with Gasteiger partial charge in [-0.1, -0.05) is 37.3 Å². The van der Waals surface area contributed by atoms with Gasteiger partial charge in [0.2, 0.25) is 5.91 Å². The van der Waals surface area contributed by atoms with E-state index in [-0.39, 0.29) is 5.91 Å². The fraction of sp³-hybridized carbons (Fsp3) is 0.519. The first-order valence-corrected chi connectivity index (χ1v) is 13.5. The molecule has 1 amide bonds. The van der Waals surface area contributed by atoms with Crippen LogP contribution in [0.4, 0.5) is 5.82 Å². The van der Waals surface area contributed by atoms with E-state index in [0.29, 0.717) is 0 Å². The molecule has 2 fully saturated rings. The molecule has 0 radical (unpaired) electrons. The number of thiophene rings is 1. The lowest BCUT2D eigenvalue weighted by atomic mass is 9.99. The molecule has 4 heterocycles. The second-order valence-electron chi connectivity index (χ2n) is 10.1. The summed E-state index contributed by atoms with van der Waals surface area (Å²) in [5.74, 6) is 2.48. The third kappa shape index (κ3) is 5.06. The number of primary amides is 1. The molecule has 2 saturated heterocycles. The highest BCUT2D eigenvalue weighted by molar-refractivity contribution is 7.18. The third-order valence-electron chi connectivity index (χ3n) is 7.66. The van der Waals surface area contributed by atoms with Gasteiger partial charge in [-0.3, -0.25) is 14.6 Å². The second kappa shape index (κ2) is 10.2. The number of piperidine rings is 1. The average molecular weight is 493 g/mol. The van der Waals surface area contributed by atoms with Crippen LogP contribution in [-0.4, -0.2) is 64.9 Å². The van der Waals surface area contributed by atoms with Crippen molar-refractivity contribution >= 4 is 33.3 Å². The molecule has 2 aromatic heterocycles. The second-order valence-corrected chi connectivity index (χ2v) is 11.3. The number of aryl methyl sites for hydroxylation is 2. The van der Waals surface area contributed by atoms with E-state index >= 15 is 0 Å². The molecule has 1 atom stereocenters. The molecular formula is C27H36N6OS. The predicted molar refractivity (Wildman–Crippen MR) is 143 cm³/mol. The standard InChI is InChI=1S/C27H36N6OS/c1-18-9-11-31(12-10-18)17-22-29-26(23-19(2)20(3)35-27(23)30-22)33-15-13-32(14-16-33)24(25(28)34)21-7-5-4-6-8-21/h4-8,18,24H,9-17H2,1-3H3,(H2,28,34). The van der Waals surface area contributed by atoms with E-state index in [1.165, 1.54) is 28.7 Å². The van der Waals surface area contributed by atoms with Gasteiger partial charge < -0.3 is 10.6 Å². The van der Waals surface area contributed by atoms with Crippen LogP contribution in [0.3, 0.4) is 0 Å². The van der Waals surface area contributed by atoms with Gasteiger partial charge in [0.05, 0.1) is 11.9 Å². The molecule has 5 rings (SSSR count). The lowest BCUT2D eigenvalue weighted by molar-refractivity contribution is -0.123. The van der Waals surface area contributed by atoms with E-state index in [9.17, 15) is 4.79 Å².